The van der Waals surface area contributed by atoms with E-state index in [1.165, 1.54) is 24.1 Å². The lowest BCUT2D eigenvalue weighted by Crippen LogP contribution is -2.33. The third kappa shape index (κ3) is 0.976. The zero-order chi connectivity index (χ0) is 9.71. The zero-order valence-electron chi connectivity index (χ0n) is 8.77. The second-order valence-electron chi connectivity index (χ2n) is 4.74. The second kappa shape index (κ2) is 2.80. The molecule has 0 aromatic carbocycles. The van der Waals surface area contributed by atoms with Crippen LogP contribution in [0.2, 0.25) is 0 Å². The van der Waals surface area contributed by atoms with Crippen LogP contribution in [0.15, 0.2) is 18.5 Å². The summed E-state index contributed by atoms with van der Waals surface area (Å²) in [4.78, 5) is 6.84. The maximum Gasteiger partial charge on any atom is 0.0361 e. The van der Waals surface area contributed by atoms with Crippen LogP contribution in [0.4, 0.5) is 0 Å². The van der Waals surface area contributed by atoms with E-state index < -0.39 is 0 Å². The predicted molar refractivity (Wildman–Crippen MR) is 56.2 cm³/mol. The molecular weight excluding hydrogens is 172 g/mol. The fraction of sp³-hybridized carbons (Fsp3) is 0.583. The first-order valence-electron chi connectivity index (χ1n) is 5.47. The van der Waals surface area contributed by atoms with Gasteiger partial charge in [0.1, 0.15) is 0 Å². The van der Waals surface area contributed by atoms with Crippen molar-refractivity contribution in [2.24, 2.45) is 0 Å². The molecule has 0 spiro atoms. The summed E-state index contributed by atoms with van der Waals surface area (Å²) in [6, 6.07) is 3.55. The molecule has 2 heterocycles. The molecule has 2 bridgehead atoms. The molecule has 3 rings (SSSR count). The van der Waals surface area contributed by atoms with Gasteiger partial charge in [-0.25, -0.2) is 0 Å². The Kier molecular flexibility index (Phi) is 1.68. The van der Waals surface area contributed by atoms with Crippen molar-refractivity contribution in [3.05, 3.63) is 29.6 Å². The molecule has 2 heteroatoms. The quantitative estimate of drug-likeness (QED) is 0.672. The summed E-state index contributed by atoms with van der Waals surface area (Å²) in [6.07, 6.45) is 5.31. The van der Waals surface area contributed by atoms with Crippen molar-refractivity contribution in [3.63, 3.8) is 0 Å². The molecule has 1 saturated heterocycles. The second-order valence-corrected chi connectivity index (χ2v) is 4.74. The summed E-state index contributed by atoms with van der Waals surface area (Å²) in [5.74, 6) is 0.756. The van der Waals surface area contributed by atoms with Gasteiger partial charge in [0, 0.05) is 36.9 Å². The average molecular weight is 188 g/mol. The third-order valence-electron chi connectivity index (χ3n) is 3.69. The molecule has 2 nitrogen and oxygen atoms in total. The Bertz CT molecular complexity index is 359. The van der Waals surface area contributed by atoms with Gasteiger partial charge in [-0.3, -0.25) is 9.88 Å². The standard InChI is InChI=1S/C12H16N2/c1-8(2)14-7-9-5-12(14)10-3-4-13-6-11(9)10/h3-4,6,8-9,12H,5,7H2,1-2H3/t9-,12-/m1/s1. The van der Waals surface area contributed by atoms with Gasteiger partial charge < -0.3 is 0 Å². The average Bonchev–Trinajstić information content (AvgIpc) is 2.75. The monoisotopic (exact) mass is 188 g/mol. The first kappa shape index (κ1) is 8.42. The first-order chi connectivity index (χ1) is 6.77. The summed E-state index contributed by atoms with van der Waals surface area (Å²) < 4.78 is 0. The van der Waals surface area contributed by atoms with Gasteiger partial charge in [0.2, 0.25) is 0 Å². The number of likely N-dealkylation sites (tertiary alicyclic amines) is 1. The Morgan fingerprint density at radius 3 is 3.07 bits per heavy atom. The summed E-state index contributed by atoms with van der Waals surface area (Å²) in [6.45, 7) is 5.82. The van der Waals surface area contributed by atoms with Crippen molar-refractivity contribution in [1.29, 1.82) is 0 Å². The maximum absolute atomic E-state index is 4.23. The highest BCUT2D eigenvalue weighted by Gasteiger charge is 2.42. The van der Waals surface area contributed by atoms with Gasteiger partial charge in [-0.2, -0.15) is 0 Å². The van der Waals surface area contributed by atoms with Crippen molar-refractivity contribution in [2.45, 2.75) is 38.3 Å². The highest BCUT2D eigenvalue weighted by molar-refractivity contribution is 5.39. The molecule has 1 fully saturated rings. The van der Waals surface area contributed by atoms with Crippen LogP contribution in [-0.2, 0) is 0 Å². The van der Waals surface area contributed by atoms with E-state index in [0.29, 0.717) is 12.1 Å². The largest absolute Gasteiger partial charge is 0.293 e. The highest BCUT2D eigenvalue weighted by atomic mass is 15.2. The highest BCUT2D eigenvalue weighted by Crippen LogP contribution is 2.50. The fourth-order valence-corrected chi connectivity index (χ4v) is 3.02. The van der Waals surface area contributed by atoms with Crippen LogP contribution < -0.4 is 0 Å². The van der Waals surface area contributed by atoms with Gasteiger partial charge >= 0.3 is 0 Å². The number of nitrogens with zero attached hydrogens (tertiary/aromatic N) is 2. The number of rotatable bonds is 1. The smallest absolute Gasteiger partial charge is 0.0361 e. The molecule has 1 aromatic rings. The van der Waals surface area contributed by atoms with E-state index in [2.05, 4.69) is 36.0 Å². The van der Waals surface area contributed by atoms with Gasteiger partial charge in [0.25, 0.3) is 0 Å². The van der Waals surface area contributed by atoms with E-state index in [0.717, 1.165) is 5.92 Å². The molecular formula is C12H16N2. The molecule has 0 radical (unpaired) electrons. The number of fused-ring (bicyclic) bond motifs is 5. The molecule has 74 valence electrons. The number of aromatic nitrogens is 1. The SMILES string of the molecule is CC(C)N1C[C@H]2C[C@@H]1c1ccncc12. The van der Waals surface area contributed by atoms with Crippen LogP contribution >= 0.6 is 0 Å². The van der Waals surface area contributed by atoms with Gasteiger partial charge in [0.05, 0.1) is 0 Å². The predicted octanol–water partition coefficient (Wildman–Crippen LogP) is 2.33. The lowest BCUT2D eigenvalue weighted by Gasteiger charge is -2.31. The molecule has 1 aromatic heterocycles. The summed E-state index contributed by atoms with van der Waals surface area (Å²) >= 11 is 0. The minimum absolute atomic E-state index is 0.673. The van der Waals surface area contributed by atoms with Crippen LogP contribution in [0.1, 0.15) is 43.4 Å². The molecule has 2 aliphatic rings. The van der Waals surface area contributed by atoms with Gasteiger partial charge in [-0.05, 0) is 37.5 Å². The minimum Gasteiger partial charge on any atom is -0.293 e. The summed E-state index contributed by atoms with van der Waals surface area (Å²) in [5.41, 5.74) is 3.04. The number of hydrogen-bond donors (Lipinski definition) is 0. The van der Waals surface area contributed by atoms with Crippen molar-refractivity contribution in [3.8, 4) is 0 Å². The molecule has 0 saturated carbocycles. The maximum atomic E-state index is 4.23. The van der Waals surface area contributed by atoms with E-state index >= 15 is 0 Å². The molecule has 14 heavy (non-hydrogen) atoms. The van der Waals surface area contributed by atoms with E-state index in [1.807, 2.05) is 6.20 Å². The number of pyridine rings is 1. The minimum atomic E-state index is 0.673. The Morgan fingerprint density at radius 1 is 1.43 bits per heavy atom. The molecule has 0 amide bonds. The fourth-order valence-electron chi connectivity index (χ4n) is 3.02. The molecule has 0 N–H and O–H groups in total. The van der Waals surface area contributed by atoms with Gasteiger partial charge in [-0.15, -0.1) is 0 Å². The topological polar surface area (TPSA) is 16.1 Å². The van der Waals surface area contributed by atoms with Gasteiger partial charge in [0.15, 0.2) is 0 Å². The summed E-state index contributed by atoms with van der Waals surface area (Å²) in [5, 5.41) is 0. The Labute approximate surface area is 85.0 Å². The zero-order valence-corrected chi connectivity index (χ0v) is 8.77. The van der Waals surface area contributed by atoms with Crippen LogP contribution in [0, 0.1) is 0 Å². The third-order valence-corrected chi connectivity index (χ3v) is 3.69. The Morgan fingerprint density at radius 2 is 2.29 bits per heavy atom. The summed E-state index contributed by atoms with van der Waals surface area (Å²) in [7, 11) is 0. The van der Waals surface area contributed by atoms with Crippen LogP contribution in [-0.4, -0.2) is 22.5 Å². The Hall–Kier alpha value is -0.890. The first-order valence-corrected chi connectivity index (χ1v) is 5.47. The number of hydrogen-bond acceptors (Lipinski definition) is 2. The van der Waals surface area contributed by atoms with Crippen LogP contribution in [0.25, 0.3) is 0 Å². The van der Waals surface area contributed by atoms with E-state index in [-0.39, 0.29) is 0 Å². The van der Waals surface area contributed by atoms with E-state index in [9.17, 15) is 0 Å². The van der Waals surface area contributed by atoms with Crippen LogP contribution in [0.3, 0.4) is 0 Å². The van der Waals surface area contributed by atoms with Crippen LogP contribution in [0.5, 0.6) is 0 Å². The normalized spacial score (nSPS) is 29.9. The molecule has 0 unspecified atom stereocenters. The van der Waals surface area contributed by atoms with Gasteiger partial charge in [-0.1, -0.05) is 0 Å². The van der Waals surface area contributed by atoms with Crippen molar-refractivity contribution >= 4 is 0 Å². The molecule has 1 aliphatic carbocycles. The lowest BCUT2D eigenvalue weighted by atomic mass is 10.0. The van der Waals surface area contributed by atoms with Crippen molar-refractivity contribution < 1.29 is 0 Å². The molecule has 1 aliphatic heterocycles. The van der Waals surface area contributed by atoms with E-state index in [4.69, 9.17) is 0 Å². The van der Waals surface area contributed by atoms with E-state index in [1.54, 1.807) is 0 Å². The van der Waals surface area contributed by atoms with Crippen molar-refractivity contribution in [1.82, 2.24) is 9.88 Å². The lowest BCUT2D eigenvalue weighted by molar-refractivity contribution is 0.197. The van der Waals surface area contributed by atoms with Crippen molar-refractivity contribution in [2.75, 3.05) is 6.54 Å². The molecule has 2 atom stereocenters. The Balaban J connectivity index is 2.02.